The van der Waals surface area contributed by atoms with E-state index in [0.29, 0.717) is 59.4 Å². The zero-order chi connectivity index (χ0) is 24.3. The summed E-state index contributed by atoms with van der Waals surface area (Å²) in [6.45, 7) is 7.47. The highest BCUT2D eigenvalue weighted by Gasteiger charge is 2.17. The maximum absolute atomic E-state index is 12.0. The molecule has 0 heterocycles. The summed E-state index contributed by atoms with van der Waals surface area (Å²) in [6, 6.07) is 4.73. The number of rotatable bonds is 20. The SMILES string of the molecule is CNCCOCCOCCOCCOCCNC(=O)COc1cccc(C(C)=O)c1C(C)=O. The number of nitrogens with one attached hydrogen (secondary N) is 2. The largest absolute Gasteiger partial charge is 0.483 e. The Labute approximate surface area is 195 Å². The summed E-state index contributed by atoms with van der Waals surface area (Å²) in [4.78, 5) is 35.6. The van der Waals surface area contributed by atoms with Gasteiger partial charge in [-0.05, 0) is 27.0 Å². The summed E-state index contributed by atoms with van der Waals surface area (Å²) in [5, 5.41) is 5.66. The smallest absolute Gasteiger partial charge is 0.258 e. The third-order valence-corrected chi connectivity index (χ3v) is 4.30. The van der Waals surface area contributed by atoms with Gasteiger partial charge in [0.05, 0.1) is 58.4 Å². The number of carbonyl (C=O) groups is 3. The van der Waals surface area contributed by atoms with Crippen LogP contribution in [0.4, 0.5) is 0 Å². The Bertz CT molecular complexity index is 726. The lowest BCUT2D eigenvalue weighted by Gasteiger charge is -2.12. The van der Waals surface area contributed by atoms with Gasteiger partial charge in [-0.25, -0.2) is 0 Å². The van der Waals surface area contributed by atoms with E-state index in [-0.39, 0.29) is 41.0 Å². The van der Waals surface area contributed by atoms with Gasteiger partial charge >= 0.3 is 0 Å². The molecule has 0 aromatic heterocycles. The van der Waals surface area contributed by atoms with Crippen LogP contribution in [0.1, 0.15) is 34.6 Å². The van der Waals surface area contributed by atoms with E-state index in [1.54, 1.807) is 18.2 Å². The van der Waals surface area contributed by atoms with E-state index >= 15 is 0 Å². The van der Waals surface area contributed by atoms with Crippen LogP contribution in [0.2, 0.25) is 0 Å². The van der Waals surface area contributed by atoms with Crippen molar-refractivity contribution in [1.29, 1.82) is 0 Å². The molecular weight excluding hydrogens is 432 g/mol. The fourth-order valence-corrected chi connectivity index (χ4v) is 2.70. The third kappa shape index (κ3) is 13.1. The number of amides is 1. The Morgan fingerprint density at radius 2 is 1.30 bits per heavy atom. The number of hydrogen-bond donors (Lipinski definition) is 2. The van der Waals surface area contributed by atoms with E-state index in [0.717, 1.165) is 6.54 Å². The summed E-state index contributed by atoms with van der Waals surface area (Å²) in [6.07, 6.45) is 0. The second-order valence-electron chi connectivity index (χ2n) is 6.98. The number of carbonyl (C=O) groups excluding carboxylic acids is 3. The minimum absolute atomic E-state index is 0.185. The molecule has 1 rings (SSSR count). The maximum Gasteiger partial charge on any atom is 0.258 e. The number of benzene rings is 1. The molecular formula is C23H36N2O8. The Hall–Kier alpha value is -2.37. The van der Waals surface area contributed by atoms with Gasteiger partial charge in [0, 0.05) is 18.7 Å². The first-order valence-electron chi connectivity index (χ1n) is 11.0. The van der Waals surface area contributed by atoms with Crippen LogP contribution in [0.25, 0.3) is 0 Å². The van der Waals surface area contributed by atoms with E-state index in [4.69, 9.17) is 23.7 Å². The molecule has 10 nitrogen and oxygen atoms in total. The van der Waals surface area contributed by atoms with Crippen molar-refractivity contribution in [2.24, 2.45) is 0 Å². The molecule has 1 aromatic carbocycles. The van der Waals surface area contributed by atoms with E-state index in [1.165, 1.54) is 13.8 Å². The lowest BCUT2D eigenvalue weighted by Crippen LogP contribution is -2.32. The van der Waals surface area contributed by atoms with Gasteiger partial charge in [0.25, 0.3) is 5.91 Å². The molecule has 1 aromatic rings. The average molecular weight is 469 g/mol. The van der Waals surface area contributed by atoms with Crippen LogP contribution in [0, 0.1) is 0 Å². The molecule has 2 N–H and O–H groups in total. The van der Waals surface area contributed by atoms with Gasteiger partial charge in [0.1, 0.15) is 5.75 Å². The Balaban J connectivity index is 2.06. The van der Waals surface area contributed by atoms with E-state index < -0.39 is 0 Å². The van der Waals surface area contributed by atoms with Crippen molar-refractivity contribution in [3.05, 3.63) is 29.3 Å². The van der Waals surface area contributed by atoms with Crippen molar-refractivity contribution in [1.82, 2.24) is 10.6 Å². The minimum Gasteiger partial charge on any atom is -0.483 e. The van der Waals surface area contributed by atoms with E-state index in [9.17, 15) is 14.4 Å². The van der Waals surface area contributed by atoms with Gasteiger partial charge in [-0.1, -0.05) is 12.1 Å². The zero-order valence-electron chi connectivity index (χ0n) is 19.8. The topological polar surface area (TPSA) is 121 Å². The third-order valence-electron chi connectivity index (χ3n) is 4.30. The highest BCUT2D eigenvalue weighted by molar-refractivity contribution is 6.09. The molecule has 10 heteroatoms. The molecule has 0 fully saturated rings. The van der Waals surface area contributed by atoms with Crippen molar-refractivity contribution in [2.45, 2.75) is 13.8 Å². The molecule has 0 unspecified atom stereocenters. The molecule has 186 valence electrons. The molecule has 0 atom stereocenters. The number of ether oxygens (including phenoxy) is 5. The molecule has 0 saturated heterocycles. The predicted octanol–water partition coefficient (Wildman–Crippen LogP) is 0.873. The second-order valence-corrected chi connectivity index (χ2v) is 6.98. The van der Waals surface area contributed by atoms with Crippen molar-refractivity contribution >= 4 is 17.5 Å². The first-order valence-corrected chi connectivity index (χ1v) is 11.0. The molecule has 0 aliphatic carbocycles. The van der Waals surface area contributed by atoms with Crippen LogP contribution >= 0.6 is 0 Å². The van der Waals surface area contributed by atoms with Crippen LogP contribution in [-0.4, -0.2) is 97.1 Å². The molecule has 0 spiro atoms. The van der Waals surface area contributed by atoms with Crippen molar-refractivity contribution in [3.8, 4) is 5.75 Å². The van der Waals surface area contributed by atoms with Gasteiger partial charge in [-0.3, -0.25) is 14.4 Å². The standard InChI is InChI=1S/C23H36N2O8/c1-18(26)20-5-4-6-21(23(20)19(2)27)33-17-22(28)25-8-10-30-12-14-32-16-15-31-13-11-29-9-7-24-3/h4-6,24H,7-17H2,1-3H3,(H,25,28). The summed E-state index contributed by atoms with van der Waals surface area (Å²) >= 11 is 0. The van der Waals surface area contributed by atoms with Crippen molar-refractivity contribution in [2.75, 3.05) is 79.6 Å². The minimum atomic E-state index is -0.357. The first kappa shape index (κ1) is 28.7. The number of Topliss-reactive ketones (excluding diaryl/α,β-unsaturated/α-hetero) is 2. The Morgan fingerprint density at radius 1 is 0.758 bits per heavy atom. The predicted molar refractivity (Wildman–Crippen MR) is 122 cm³/mol. The van der Waals surface area contributed by atoms with Crippen molar-refractivity contribution in [3.63, 3.8) is 0 Å². The highest BCUT2D eigenvalue weighted by atomic mass is 16.6. The Kier molecular flexibility index (Phi) is 15.7. The molecule has 33 heavy (non-hydrogen) atoms. The van der Waals surface area contributed by atoms with Crippen LogP contribution < -0.4 is 15.4 Å². The summed E-state index contributed by atoms with van der Waals surface area (Å²) in [7, 11) is 1.87. The zero-order valence-corrected chi connectivity index (χ0v) is 19.8. The lowest BCUT2D eigenvalue weighted by molar-refractivity contribution is -0.123. The Morgan fingerprint density at radius 3 is 1.82 bits per heavy atom. The highest BCUT2D eigenvalue weighted by Crippen LogP contribution is 2.23. The van der Waals surface area contributed by atoms with E-state index in [1.807, 2.05) is 7.05 Å². The molecule has 0 aliphatic rings. The molecule has 0 saturated carbocycles. The van der Waals surface area contributed by atoms with Gasteiger partial charge in [-0.15, -0.1) is 0 Å². The number of hydrogen-bond acceptors (Lipinski definition) is 9. The van der Waals surface area contributed by atoms with Crippen LogP contribution in [0.15, 0.2) is 18.2 Å². The van der Waals surface area contributed by atoms with Gasteiger partial charge in [0.2, 0.25) is 0 Å². The molecule has 1 amide bonds. The summed E-state index contributed by atoms with van der Waals surface area (Å²) < 4.78 is 26.9. The van der Waals surface area contributed by atoms with Crippen molar-refractivity contribution < 1.29 is 38.1 Å². The quantitative estimate of drug-likeness (QED) is 0.212. The fraction of sp³-hybridized carbons (Fsp3) is 0.609. The fourth-order valence-electron chi connectivity index (χ4n) is 2.70. The summed E-state index contributed by atoms with van der Waals surface area (Å²) in [5.74, 6) is -0.685. The number of likely N-dealkylation sites (N-methyl/N-ethyl adjacent to an activating group) is 1. The molecule has 0 aliphatic heterocycles. The summed E-state index contributed by atoms with van der Waals surface area (Å²) in [5.41, 5.74) is 0.459. The molecule has 0 radical (unpaired) electrons. The van der Waals surface area contributed by atoms with E-state index in [2.05, 4.69) is 10.6 Å². The average Bonchev–Trinajstić information content (AvgIpc) is 2.79. The normalized spacial score (nSPS) is 10.8. The van der Waals surface area contributed by atoms with Gasteiger partial charge < -0.3 is 34.3 Å². The van der Waals surface area contributed by atoms with Crippen LogP contribution in [-0.2, 0) is 23.7 Å². The first-order chi connectivity index (χ1) is 16.0. The second kappa shape index (κ2) is 18.1. The lowest BCUT2D eigenvalue weighted by atomic mass is 10.0. The van der Waals surface area contributed by atoms with Gasteiger partial charge in [-0.2, -0.15) is 0 Å². The van der Waals surface area contributed by atoms with Crippen LogP contribution in [0.3, 0.4) is 0 Å². The maximum atomic E-state index is 12.0. The van der Waals surface area contributed by atoms with Gasteiger partial charge in [0.15, 0.2) is 18.2 Å². The monoisotopic (exact) mass is 468 g/mol. The van der Waals surface area contributed by atoms with Crippen LogP contribution in [0.5, 0.6) is 5.75 Å². The number of ketones is 2. The molecule has 0 bridgehead atoms.